The first-order chi connectivity index (χ1) is 5.77. The molecule has 0 N–H and O–H groups in total. The van der Waals surface area contributed by atoms with Crippen LogP contribution in [0.4, 0.5) is 0 Å². The van der Waals surface area contributed by atoms with Crippen LogP contribution >= 0.6 is 0 Å². The van der Waals surface area contributed by atoms with Gasteiger partial charge in [-0.1, -0.05) is 6.08 Å². The number of hydrogen-bond acceptors (Lipinski definition) is 3. The van der Waals surface area contributed by atoms with E-state index in [9.17, 15) is 4.79 Å². The Morgan fingerprint density at radius 2 is 2.50 bits per heavy atom. The molecule has 3 nitrogen and oxygen atoms in total. The number of allylic oxidation sites excluding steroid dienone is 2. The van der Waals surface area contributed by atoms with E-state index in [0.29, 0.717) is 6.54 Å². The number of carbonyl (C=O) groups is 1. The van der Waals surface area contributed by atoms with E-state index in [2.05, 4.69) is 4.99 Å². The van der Waals surface area contributed by atoms with Crippen molar-refractivity contribution in [2.24, 2.45) is 4.99 Å². The lowest BCUT2D eigenvalue weighted by molar-refractivity contribution is -0.118. The van der Waals surface area contributed by atoms with Gasteiger partial charge in [0.2, 0.25) is 0 Å². The third kappa shape index (κ3) is 1.07. The molecule has 0 saturated heterocycles. The number of aliphatic imine (C=N–C) groups is 1. The molecule has 12 heavy (non-hydrogen) atoms. The minimum atomic E-state index is -0.160. The highest BCUT2D eigenvalue weighted by atomic mass is 16.1. The van der Waals surface area contributed by atoms with Crippen LogP contribution in [0.15, 0.2) is 29.4 Å². The molecule has 0 fully saturated rings. The first kappa shape index (κ1) is 7.28. The normalized spacial score (nSPS) is 25.6. The Morgan fingerprint density at radius 1 is 1.67 bits per heavy atom. The fourth-order valence-corrected chi connectivity index (χ4v) is 1.35. The van der Waals surface area contributed by atoms with E-state index >= 15 is 0 Å². The van der Waals surface area contributed by atoms with Crippen molar-refractivity contribution in [3.05, 3.63) is 24.4 Å². The number of carbonyl (C=O) groups excluding carboxylic acids is 1. The van der Waals surface area contributed by atoms with Crippen molar-refractivity contribution in [1.82, 2.24) is 4.90 Å². The minimum absolute atomic E-state index is 0.138. The number of hydrogen-bond donors (Lipinski definition) is 0. The van der Waals surface area contributed by atoms with Crippen LogP contribution in [0.3, 0.4) is 0 Å². The Hall–Kier alpha value is -1.38. The number of nitrogens with zero attached hydrogens (tertiary/aromatic N) is 2. The van der Waals surface area contributed by atoms with Crippen LogP contribution in [0.25, 0.3) is 0 Å². The highest BCUT2D eigenvalue weighted by Gasteiger charge is 2.25. The predicted molar refractivity (Wildman–Crippen MR) is 46.9 cm³/mol. The quantitative estimate of drug-likeness (QED) is 0.569. The van der Waals surface area contributed by atoms with Gasteiger partial charge < -0.3 is 4.90 Å². The average Bonchev–Trinajstić information content (AvgIpc) is 2.46. The second-order valence-electron chi connectivity index (χ2n) is 2.97. The summed E-state index contributed by atoms with van der Waals surface area (Å²) in [5.74, 6) is 1.04. The van der Waals surface area contributed by atoms with Crippen LogP contribution in [0.5, 0.6) is 0 Å². The largest absolute Gasteiger partial charge is 0.331 e. The number of rotatable bonds is 1. The first-order valence-electron chi connectivity index (χ1n) is 3.97. The highest BCUT2D eigenvalue weighted by Crippen LogP contribution is 2.14. The maximum Gasteiger partial charge on any atom is 0.156 e. The van der Waals surface area contributed by atoms with Crippen LogP contribution in [-0.4, -0.2) is 29.1 Å². The Kier molecular flexibility index (Phi) is 1.57. The van der Waals surface area contributed by atoms with Crippen molar-refractivity contribution in [3.63, 3.8) is 0 Å². The summed E-state index contributed by atoms with van der Waals surface area (Å²) in [5.41, 5.74) is 0. The molecule has 0 amide bonds. The van der Waals surface area contributed by atoms with Gasteiger partial charge in [0.15, 0.2) is 5.78 Å². The molecule has 2 rings (SSSR count). The summed E-state index contributed by atoms with van der Waals surface area (Å²) in [7, 11) is 0. The molecule has 3 heteroatoms. The molecule has 0 bridgehead atoms. The third-order valence-corrected chi connectivity index (χ3v) is 2.04. The summed E-state index contributed by atoms with van der Waals surface area (Å²) in [6.07, 6.45) is 7.74. The smallest absolute Gasteiger partial charge is 0.156 e. The van der Waals surface area contributed by atoms with Crippen LogP contribution in [0.2, 0.25) is 0 Å². The van der Waals surface area contributed by atoms with E-state index in [1.54, 1.807) is 6.92 Å². The number of Topliss-reactive ketones (excluding diaryl/α,β-unsaturated/α-hetero) is 1. The molecule has 1 unspecified atom stereocenters. The molecule has 2 aliphatic rings. The van der Waals surface area contributed by atoms with E-state index in [0.717, 1.165) is 5.84 Å². The molecule has 0 aliphatic carbocycles. The maximum atomic E-state index is 11.0. The zero-order chi connectivity index (χ0) is 8.55. The first-order valence-corrected chi connectivity index (χ1v) is 3.97. The van der Waals surface area contributed by atoms with E-state index in [-0.39, 0.29) is 11.8 Å². The third-order valence-electron chi connectivity index (χ3n) is 2.04. The molecule has 1 atom stereocenters. The lowest BCUT2D eigenvalue weighted by Crippen LogP contribution is -2.26. The van der Waals surface area contributed by atoms with E-state index < -0.39 is 0 Å². The van der Waals surface area contributed by atoms with Gasteiger partial charge in [0.05, 0.1) is 6.54 Å². The minimum Gasteiger partial charge on any atom is -0.331 e. The molecule has 2 heterocycles. The van der Waals surface area contributed by atoms with E-state index in [1.165, 1.54) is 0 Å². The zero-order valence-electron chi connectivity index (χ0n) is 6.90. The van der Waals surface area contributed by atoms with Crippen LogP contribution in [0, 0.1) is 0 Å². The van der Waals surface area contributed by atoms with Gasteiger partial charge in [0, 0.05) is 6.20 Å². The van der Waals surface area contributed by atoms with Gasteiger partial charge in [0.1, 0.15) is 11.9 Å². The molecular formula is C9H10N2O. The summed E-state index contributed by atoms with van der Waals surface area (Å²) in [6.45, 7) is 2.28. The van der Waals surface area contributed by atoms with Crippen LogP contribution in [-0.2, 0) is 4.79 Å². The summed E-state index contributed by atoms with van der Waals surface area (Å²) in [4.78, 5) is 17.3. The van der Waals surface area contributed by atoms with Crippen LogP contribution < -0.4 is 0 Å². The summed E-state index contributed by atoms with van der Waals surface area (Å²) >= 11 is 0. The molecule has 0 saturated carbocycles. The molecular weight excluding hydrogens is 152 g/mol. The Labute approximate surface area is 71.1 Å². The van der Waals surface area contributed by atoms with Gasteiger partial charge in [0.25, 0.3) is 0 Å². The average molecular weight is 162 g/mol. The Balaban J connectivity index is 2.23. The molecule has 2 aliphatic heterocycles. The number of amidine groups is 1. The fraction of sp³-hybridized carbons (Fsp3) is 0.333. The van der Waals surface area contributed by atoms with Gasteiger partial charge in [-0.3, -0.25) is 9.79 Å². The monoisotopic (exact) mass is 162 g/mol. The molecule has 0 aromatic carbocycles. The van der Waals surface area contributed by atoms with Crippen molar-refractivity contribution >= 4 is 11.6 Å². The summed E-state index contributed by atoms with van der Waals surface area (Å²) in [5, 5.41) is 0. The van der Waals surface area contributed by atoms with Gasteiger partial charge in [-0.2, -0.15) is 0 Å². The van der Waals surface area contributed by atoms with Crippen molar-refractivity contribution in [2.75, 3.05) is 6.54 Å². The van der Waals surface area contributed by atoms with Gasteiger partial charge in [-0.15, -0.1) is 0 Å². The van der Waals surface area contributed by atoms with Gasteiger partial charge >= 0.3 is 0 Å². The Bertz CT molecular complexity index is 302. The van der Waals surface area contributed by atoms with Gasteiger partial charge in [-0.05, 0) is 19.1 Å². The topological polar surface area (TPSA) is 32.7 Å². The number of ketones is 1. The standard InChI is InChI=1S/C9H10N2O/c1-7(12)8-6-11-5-3-2-4-9(11)10-8/h2-5,8H,6H2,1H3. The lowest BCUT2D eigenvalue weighted by Gasteiger charge is -2.14. The SMILES string of the molecule is CC(=O)C1CN2C=CC=CC2=N1. The molecule has 0 radical (unpaired) electrons. The van der Waals surface area contributed by atoms with E-state index in [1.807, 2.05) is 29.3 Å². The highest BCUT2D eigenvalue weighted by molar-refractivity contribution is 5.99. The van der Waals surface area contributed by atoms with Crippen molar-refractivity contribution < 1.29 is 4.79 Å². The van der Waals surface area contributed by atoms with Crippen molar-refractivity contribution in [1.29, 1.82) is 0 Å². The predicted octanol–water partition coefficient (Wildman–Crippen LogP) is 0.742. The van der Waals surface area contributed by atoms with Gasteiger partial charge in [-0.25, -0.2) is 0 Å². The van der Waals surface area contributed by atoms with E-state index in [4.69, 9.17) is 0 Å². The zero-order valence-corrected chi connectivity index (χ0v) is 6.90. The molecule has 0 spiro atoms. The molecule has 0 aromatic rings. The Morgan fingerprint density at radius 3 is 3.17 bits per heavy atom. The van der Waals surface area contributed by atoms with Crippen molar-refractivity contribution in [3.8, 4) is 0 Å². The maximum absolute atomic E-state index is 11.0. The molecule has 0 aromatic heterocycles. The van der Waals surface area contributed by atoms with Crippen LogP contribution in [0.1, 0.15) is 6.92 Å². The fourth-order valence-electron chi connectivity index (χ4n) is 1.35. The summed E-state index contributed by atoms with van der Waals surface area (Å²) in [6, 6.07) is -0.160. The lowest BCUT2D eigenvalue weighted by atomic mass is 10.2. The second-order valence-corrected chi connectivity index (χ2v) is 2.97. The second kappa shape index (κ2) is 2.59. The summed E-state index contributed by atoms with van der Waals surface area (Å²) < 4.78 is 0. The van der Waals surface area contributed by atoms with Crippen molar-refractivity contribution in [2.45, 2.75) is 13.0 Å². The molecule has 62 valence electrons. The number of fused-ring (bicyclic) bond motifs is 1.